The van der Waals surface area contributed by atoms with Crippen molar-refractivity contribution < 1.29 is 14.3 Å². The molecule has 4 rings (SSSR count). The van der Waals surface area contributed by atoms with E-state index in [2.05, 4.69) is 15.2 Å². The summed E-state index contributed by atoms with van der Waals surface area (Å²) in [6.07, 6.45) is 6.25. The number of carbonyl (C=O) groups excluding carboxylic acids is 1. The van der Waals surface area contributed by atoms with Crippen LogP contribution in [0.3, 0.4) is 0 Å². The molecule has 1 amide bonds. The average molecular weight is 441 g/mol. The van der Waals surface area contributed by atoms with Crippen molar-refractivity contribution in [3.05, 3.63) is 43.0 Å². The van der Waals surface area contributed by atoms with Gasteiger partial charge in [-0.3, -0.25) is 14.4 Å². The molecule has 9 heteroatoms. The number of morpholine rings is 1. The van der Waals surface area contributed by atoms with Crippen LogP contribution in [0.4, 0.5) is 0 Å². The zero-order chi connectivity index (χ0) is 22.4. The third-order valence-electron chi connectivity index (χ3n) is 5.69. The number of aromatic nitrogens is 4. The Hall–Kier alpha value is -2.91. The molecule has 32 heavy (non-hydrogen) atoms. The van der Waals surface area contributed by atoms with E-state index in [9.17, 15) is 4.79 Å². The van der Waals surface area contributed by atoms with Crippen LogP contribution in [0, 0.1) is 0 Å². The van der Waals surface area contributed by atoms with Crippen LogP contribution in [0.2, 0.25) is 0 Å². The Bertz CT molecular complexity index is 1010. The molecule has 1 N–H and O–H groups in total. The van der Waals surface area contributed by atoms with Crippen LogP contribution in [-0.2, 0) is 22.6 Å². The number of para-hydroxylation sites is 1. The number of rotatable bonds is 10. The molecule has 0 saturated carbocycles. The lowest BCUT2D eigenvalue weighted by molar-refractivity contribution is -0.134. The monoisotopic (exact) mass is 440 g/mol. The molecule has 9 nitrogen and oxygen atoms in total. The number of amides is 1. The van der Waals surface area contributed by atoms with Crippen molar-refractivity contribution >= 4 is 16.8 Å². The Morgan fingerprint density at radius 1 is 1.19 bits per heavy atom. The van der Waals surface area contributed by atoms with Gasteiger partial charge in [0.05, 0.1) is 37.0 Å². The summed E-state index contributed by atoms with van der Waals surface area (Å²) >= 11 is 0. The van der Waals surface area contributed by atoms with Gasteiger partial charge >= 0.3 is 0 Å². The molecular weight excluding hydrogens is 408 g/mol. The van der Waals surface area contributed by atoms with Gasteiger partial charge < -0.3 is 19.4 Å². The number of fused-ring (bicyclic) bond motifs is 1. The van der Waals surface area contributed by atoms with E-state index in [0.717, 1.165) is 63.3 Å². The van der Waals surface area contributed by atoms with Gasteiger partial charge in [0.2, 0.25) is 5.88 Å². The number of benzene rings is 1. The van der Waals surface area contributed by atoms with Crippen molar-refractivity contribution in [3.8, 4) is 5.88 Å². The number of nitrogens with zero attached hydrogens (tertiary/aromatic N) is 5. The van der Waals surface area contributed by atoms with E-state index in [-0.39, 0.29) is 5.91 Å². The number of ether oxygens (including phenoxy) is 2. The first-order chi connectivity index (χ1) is 15.5. The molecule has 0 atom stereocenters. The SMILES string of the molecule is CC(C)(Oc1nn(CCN2CCOCC2)c2ccccc12)C(=O)NCCCn1ccnc1. The third-order valence-corrected chi connectivity index (χ3v) is 5.69. The van der Waals surface area contributed by atoms with Crippen molar-refractivity contribution in [1.82, 2.24) is 29.5 Å². The number of hydrogen-bond acceptors (Lipinski definition) is 6. The Balaban J connectivity index is 1.37. The summed E-state index contributed by atoms with van der Waals surface area (Å²) in [6.45, 7) is 10.0. The number of carbonyl (C=O) groups is 1. The maximum Gasteiger partial charge on any atom is 0.263 e. The summed E-state index contributed by atoms with van der Waals surface area (Å²) in [5.41, 5.74) is -0.0337. The first-order valence-electron chi connectivity index (χ1n) is 11.2. The molecule has 1 saturated heterocycles. The first kappa shape index (κ1) is 22.3. The summed E-state index contributed by atoms with van der Waals surface area (Å²) in [6, 6.07) is 7.99. The second-order valence-corrected chi connectivity index (χ2v) is 8.52. The third kappa shape index (κ3) is 5.46. The topological polar surface area (TPSA) is 86.4 Å². The van der Waals surface area contributed by atoms with E-state index in [0.29, 0.717) is 12.4 Å². The van der Waals surface area contributed by atoms with Crippen LogP contribution in [0.5, 0.6) is 5.88 Å². The van der Waals surface area contributed by atoms with Gasteiger partial charge in [-0.15, -0.1) is 5.10 Å². The molecule has 0 bridgehead atoms. The van der Waals surface area contributed by atoms with Gasteiger partial charge in [-0.25, -0.2) is 4.98 Å². The average Bonchev–Trinajstić information content (AvgIpc) is 3.44. The van der Waals surface area contributed by atoms with E-state index in [1.807, 2.05) is 39.7 Å². The van der Waals surface area contributed by atoms with Gasteiger partial charge in [-0.1, -0.05) is 12.1 Å². The number of hydrogen-bond donors (Lipinski definition) is 1. The van der Waals surface area contributed by atoms with E-state index in [1.165, 1.54) is 0 Å². The Morgan fingerprint density at radius 3 is 2.78 bits per heavy atom. The molecule has 1 aromatic carbocycles. The largest absolute Gasteiger partial charge is 0.460 e. The molecule has 0 spiro atoms. The Morgan fingerprint density at radius 2 is 2.00 bits per heavy atom. The number of aryl methyl sites for hydroxylation is 1. The molecule has 1 aliphatic heterocycles. The molecule has 172 valence electrons. The van der Waals surface area contributed by atoms with Gasteiger partial charge in [0.25, 0.3) is 5.91 Å². The molecule has 3 heterocycles. The van der Waals surface area contributed by atoms with Gasteiger partial charge in [0, 0.05) is 45.1 Å². The molecule has 0 unspecified atom stereocenters. The fourth-order valence-corrected chi connectivity index (χ4v) is 3.79. The normalized spacial score (nSPS) is 15.2. The maximum absolute atomic E-state index is 12.8. The van der Waals surface area contributed by atoms with Gasteiger partial charge in [-0.2, -0.15) is 0 Å². The quantitative estimate of drug-likeness (QED) is 0.485. The second-order valence-electron chi connectivity index (χ2n) is 8.52. The van der Waals surface area contributed by atoms with E-state index in [4.69, 9.17) is 14.6 Å². The van der Waals surface area contributed by atoms with E-state index >= 15 is 0 Å². The van der Waals surface area contributed by atoms with Crippen LogP contribution in [0.25, 0.3) is 10.9 Å². The standard InChI is InChI=1S/C23H32N6O3/c1-23(2,22(30)25-8-5-10-28-11-9-24-18-28)32-21-19-6-3-4-7-20(19)29(26-21)13-12-27-14-16-31-17-15-27/h3-4,6-7,9,11,18H,5,8,10,12-17H2,1-2H3,(H,25,30). The van der Waals surface area contributed by atoms with E-state index in [1.54, 1.807) is 26.4 Å². The Kier molecular flexibility index (Phi) is 7.06. The van der Waals surface area contributed by atoms with Crippen LogP contribution in [0.15, 0.2) is 43.0 Å². The van der Waals surface area contributed by atoms with Crippen LogP contribution >= 0.6 is 0 Å². The molecule has 0 aliphatic carbocycles. The number of imidazole rings is 1. The molecule has 1 aliphatic rings. The summed E-state index contributed by atoms with van der Waals surface area (Å²) in [4.78, 5) is 19.2. The predicted molar refractivity (Wildman–Crippen MR) is 122 cm³/mol. The van der Waals surface area contributed by atoms with Crippen molar-refractivity contribution in [1.29, 1.82) is 0 Å². The lowest BCUT2D eigenvalue weighted by Crippen LogP contribution is -2.47. The van der Waals surface area contributed by atoms with Gasteiger partial charge in [-0.05, 0) is 32.4 Å². The van der Waals surface area contributed by atoms with Crippen LogP contribution < -0.4 is 10.1 Å². The zero-order valence-corrected chi connectivity index (χ0v) is 18.9. The minimum Gasteiger partial charge on any atom is -0.460 e. The first-order valence-corrected chi connectivity index (χ1v) is 11.2. The summed E-state index contributed by atoms with van der Waals surface area (Å²) in [5.74, 6) is 0.330. The van der Waals surface area contributed by atoms with Crippen molar-refractivity contribution in [2.24, 2.45) is 0 Å². The second kappa shape index (κ2) is 10.1. The van der Waals surface area contributed by atoms with Crippen molar-refractivity contribution in [2.75, 3.05) is 39.4 Å². The Labute approximate surface area is 188 Å². The highest BCUT2D eigenvalue weighted by Gasteiger charge is 2.31. The highest BCUT2D eigenvalue weighted by molar-refractivity contribution is 5.87. The molecule has 2 aromatic heterocycles. The maximum atomic E-state index is 12.8. The predicted octanol–water partition coefficient (Wildman–Crippen LogP) is 1.93. The highest BCUT2D eigenvalue weighted by Crippen LogP contribution is 2.28. The van der Waals surface area contributed by atoms with Crippen molar-refractivity contribution in [2.45, 2.75) is 39.0 Å². The fraction of sp³-hybridized carbons (Fsp3) is 0.522. The summed E-state index contributed by atoms with van der Waals surface area (Å²) < 4.78 is 15.6. The smallest absolute Gasteiger partial charge is 0.263 e. The van der Waals surface area contributed by atoms with Gasteiger partial charge in [0.15, 0.2) is 5.60 Å². The summed E-state index contributed by atoms with van der Waals surface area (Å²) in [5, 5.41) is 8.61. The van der Waals surface area contributed by atoms with E-state index < -0.39 is 5.60 Å². The fourth-order valence-electron chi connectivity index (χ4n) is 3.79. The zero-order valence-electron chi connectivity index (χ0n) is 18.9. The van der Waals surface area contributed by atoms with Crippen LogP contribution in [0.1, 0.15) is 20.3 Å². The molecule has 1 fully saturated rings. The van der Waals surface area contributed by atoms with Gasteiger partial charge in [0.1, 0.15) is 0 Å². The molecule has 0 radical (unpaired) electrons. The highest BCUT2D eigenvalue weighted by atomic mass is 16.5. The molecule has 3 aromatic rings. The minimum absolute atomic E-state index is 0.157. The van der Waals surface area contributed by atoms with Crippen molar-refractivity contribution in [3.63, 3.8) is 0 Å². The van der Waals surface area contributed by atoms with Crippen LogP contribution in [-0.4, -0.2) is 75.1 Å². The molecular formula is C23H32N6O3. The lowest BCUT2D eigenvalue weighted by atomic mass is 10.1. The minimum atomic E-state index is -1.04. The summed E-state index contributed by atoms with van der Waals surface area (Å²) in [7, 11) is 0. The number of nitrogens with one attached hydrogen (secondary N) is 1. The lowest BCUT2D eigenvalue weighted by Gasteiger charge is -2.26.